The summed E-state index contributed by atoms with van der Waals surface area (Å²) in [6.45, 7) is 8.30. The topological polar surface area (TPSA) is 60.0 Å². The second-order valence-electron chi connectivity index (χ2n) is 7.44. The lowest BCUT2D eigenvalue weighted by molar-refractivity contribution is -0.123. The highest BCUT2D eigenvalue weighted by molar-refractivity contribution is 5.77. The van der Waals surface area contributed by atoms with E-state index in [1.54, 1.807) is 12.1 Å². The quantitative estimate of drug-likeness (QED) is 0.702. The molecule has 0 spiro atoms. The first-order chi connectivity index (χ1) is 14.1. The number of para-hydroxylation sites is 1. The molecule has 6 nitrogen and oxygen atoms in total. The number of amides is 1. The number of morpholine rings is 1. The largest absolute Gasteiger partial charge is 0.484 e. The van der Waals surface area contributed by atoms with Crippen LogP contribution in [0, 0.1) is 5.92 Å². The molecule has 1 N–H and O–H groups in total. The number of rotatable bonds is 9. The average molecular weight is 399 g/mol. The molecule has 1 fully saturated rings. The fourth-order valence-corrected chi connectivity index (χ4v) is 3.34. The van der Waals surface area contributed by atoms with Crippen LogP contribution >= 0.6 is 0 Å². The van der Waals surface area contributed by atoms with Crippen molar-refractivity contribution in [1.29, 1.82) is 0 Å². The van der Waals surface area contributed by atoms with Crippen molar-refractivity contribution >= 4 is 5.91 Å². The van der Waals surface area contributed by atoms with Gasteiger partial charge in [-0.2, -0.15) is 0 Å². The molecule has 29 heavy (non-hydrogen) atoms. The molecule has 1 atom stereocenters. The molecule has 0 bridgehead atoms. The summed E-state index contributed by atoms with van der Waals surface area (Å²) in [6, 6.07) is 17.2. The maximum atomic E-state index is 12.2. The van der Waals surface area contributed by atoms with Gasteiger partial charge in [0.05, 0.1) is 13.2 Å². The standard InChI is InChI=1S/C23H30N2O4/c1-18(2)22(25-12-14-27-15-13-25)16-24-23(26)17-28-19-8-10-21(11-9-19)29-20-6-4-3-5-7-20/h3-11,18,22H,12-17H2,1-2H3,(H,24,26). The van der Waals surface area contributed by atoms with Gasteiger partial charge in [-0.15, -0.1) is 0 Å². The minimum atomic E-state index is -0.117. The highest BCUT2D eigenvalue weighted by Crippen LogP contribution is 2.23. The number of ether oxygens (including phenoxy) is 3. The van der Waals surface area contributed by atoms with Crippen molar-refractivity contribution in [2.45, 2.75) is 19.9 Å². The highest BCUT2D eigenvalue weighted by atomic mass is 16.5. The van der Waals surface area contributed by atoms with E-state index in [1.807, 2.05) is 42.5 Å². The van der Waals surface area contributed by atoms with Gasteiger partial charge in [-0.1, -0.05) is 32.0 Å². The molecular weight excluding hydrogens is 368 g/mol. The summed E-state index contributed by atoms with van der Waals surface area (Å²) in [6.07, 6.45) is 0. The predicted octanol–water partition coefficient (Wildman–Crippen LogP) is 3.33. The molecule has 0 saturated carbocycles. The van der Waals surface area contributed by atoms with Gasteiger partial charge in [0.1, 0.15) is 17.2 Å². The lowest BCUT2D eigenvalue weighted by atomic mass is 10.0. The lowest BCUT2D eigenvalue weighted by Gasteiger charge is -2.36. The van der Waals surface area contributed by atoms with Gasteiger partial charge in [-0.3, -0.25) is 9.69 Å². The Kier molecular flexibility index (Phi) is 7.90. The van der Waals surface area contributed by atoms with Crippen molar-refractivity contribution in [3.05, 3.63) is 54.6 Å². The molecule has 2 aromatic rings. The Hall–Kier alpha value is -2.57. The van der Waals surface area contributed by atoms with E-state index in [0.29, 0.717) is 24.3 Å². The van der Waals surface area contributed by atoms with E-state index in [-0.39, 0.29) is 12.5 Å². The Balaban J connectivity index is 1.42. The minimum Gasteiger partial charge on any atom is -0.484 e. The molecule has 1 aliphatic rings. The lowest BCUT2D eigenvalue weighted by Crippen LogP contribution is -2.51. The summed E-state index contributed by atoms with van der Waals surface area (Å²) in [7, 11) is 0. The normalized spacial score (nSPS) is 15.7. The Morgan fingerprint density at radius 1 is 1.00 bits per heavy atom. The summed E-state index contributed by atoms with van der Waals surface area (Å²) in [5.74, 6) is 2.47. The highest BCUT2D eigenvalue weighted by Gasteiger charge is 2.24. The molecule has 0 radical (unpaired) electrons. The number of carbonyl (C=O) groups excluding carboxylic acids is 1. The molecule has 1 heterocycles. The van der Waals surface area contributed by atoms with Crippen molar-refractivity contribution in [1.82, 2.24) is 10.2 Å². The maximum Gasteiger partial charge on any atom is 0.257 e. The van der Waals surface area contributed by atoms with Crippen LogP contribution in [0.1, 0.15) is 13.8 Å². The van der Waals surface area contributed by atoms with E-state index in [4.69, 9.17) is 14.2 Å². The van der Waals surface area contributed by atoms with Gasteiger partial charge in [0.25, 0.3) is 5.91 Å². The SMILES string of the molecule is CC(C)C(CNC(=O)COc1ccc(Oc2ccccc2)cc1)N1CCOCC1. The zero-order valence-electron chi connectivity index (χ0n) is 17.2. The van der Waals surface area contributed by atoms with Crippen LogP contribution in [-0.4, -0.2) is 56.3 Å². The first-order valence-corrected chi connectivity index (χ1v) is 10.2. The molecule has 1 aliphatic heterocycles. The number of hydrogen-bond donors (Lipinski definition) is 1. The van der Waals surface area contributed by atoms with Gasteiger partial charge in [0.2, 0.25) is 0 Å². The van der Waals surface area contributed by atoms with E-state index in [9.17, 15) is 4.79 Å². The monoisotopic (exact) mass is 398 g/mol. The van der Waals surface area contributed by atoms with Gasteiger partial charge >= 0.3 is 0 Å². The molecule has 1 amide bonds. The number of benzene rings is 2. The molecule has 3 rings (SSSR count). The van der Waals surface area contributed by atoms with Crippen molar-refractivity contribution in [2.75, 3.05) is 39.5 Å². The van der Waals surface area contributed by atoms with Crippen LogP contribution in [0.2, 0.25) is 0 Å². The number of carbonyl (C=O) groups is 1. The fourth-order valence-electron chi connectivity index (χ4n) is 3.34. The summed E-state index contributed by atoms with van der Waals surface area (Å²) in [4.78, 5) is 14.6. The zero-order chi connectivity index (χ0) is 20.5. The fraction of sp³-hybridized carbons (Fsp3) is 0.435. The predicted molar refractivity (Wildman–Crippen MR) is 112 cm³/mol. The first-order valence-electron chi connectivity index (χ1n) is 10.2. The first kappa shape index (κ1) is 21.1. The van der Waals surface area contributed by atoms with Crippen LogP contribution in [0.15, 0.2) is 54.6 Å². The third kappa shape index (κ3) is 6.76. The van der Waals surface area contributed by atoms with Crippen LogP contribution in [0.5, 0.6) is 17.2 Å². The molecular formula is C23H30N2O4. The number of hydrogen-bond acceptors (Lipinski definition) is 5. The van der Waals surface area contributed by atoms with E-state index < -0.39 is 0 Å². The van der Waals surface area contributed by atoms with E-state index in [0.717, 1.165) is 37.8 Å². The van der Waals surface area contributed by atoms with Crippen LogP contribution in [0.25, 0.3) is 0 Å². The van der Waals surface area contributed by atoms with Gasteiger partial charge < -0.3 is 19.5 Å². The maximum absolute atomic E-state index is 12.2. The van der Waals surface area contributed by atoms with Crippen LogP contribution in [0.3, 0.4) is 0 Å². The van der Waals surface area contributed by atoms with E-state index in [2.05, 4.69) is 24.1 Å². The Morgan fingerprint density at radius 2 is 1.62 bits per heavy atom. The third-order valence-corrected chi connectivity index (χ3v) is 4.97. The van der Waals surface area contributed by atoms with Crippen molar-refractivity contribution in [2.24, 2.45) is 5.92 Å². The molecule has 0 aromatic heterocycles. The van der Waals surface area contributed by atoms with Gasteiger partial charge in [0, 0.05) is 25.7 Å². The number of nitrogens with zero attached hydrogens (tertiary/aromatic N) is 1. The average Bonchev–Trinajstić information content (AvgIpc) is 2.75. The Labute approximate surface area is 172 Å². The molecule has 6 heteroatoms. The van der Waals surface area contributed by atoms with E-state index >= 15 is 0 Å². The summed E-state index contributed by atoms with van der Waals surface area (Å²) < 4.78 is 16.8. The van der Waals surface area contributed by atoms with Crippen LogP contribution < -0.4 is 14.8 Å². The second kappa shape index (κ2) is 10.8. The van der Waals surface area contributed by atoms with Gasteiger partial charge in [-0.05, 0) is 42.3 Å². The molecule has 156 valence electrons. The van der Waals surface area contributed by atoms with Crippen LogP contribution in [-0.2, 0) is 9.53 Å². The summed E-state index contributed by atoms with van der Waals surface area (Å²) in [5, 5.41) is 3.00. The third-order valence-electron chi connectivity index (χ3n) is 4.97. The van der Waals surface area contributed by atoms with Crippen molar-refractivity contribution in [3.63, 3.8) is 0 Å². The molecule has 0 aliphatic carbocycles. The van der Waals surface area contributed by atoms with Crippen molar-refractivity contribution < 1.29 is 19.0 Å². The molecule has 1 saturated heterocycles. The van der Waals surface area contributed by atoms with Gasteiger partial charge in [0.15, 0.2) is 6.61 Å². The van der Waals surface area contributed by atoms with E-state index in [1.165, 1.54) is 0 Å². The van der Waals surface area contributed by atoms with Crippen molar-refractivity contribution in [3.8, 4) is 17.2 Å². The molecule has 1 unspecified atom stereocenters. The minimum absolute atomic E-state index is 0.00713. The Morgan fingerprint density at radius 3 is 2.28 bits per heavy atom. The summed E-state index contributed by atoms with van der Waals surface area (Å²) in [5.41, 5.74) is 0. The van der Waals surface area contributed by atoms with Crippen LogP contribution in [0.4, 0.5) is 0 Å². The van der Waals surface area contributed by atoms with Gasteiger partial charge in [-0.25, -0.2) is 0 Å². The zero-order valence-corrected chi connectivity index (χ0v) is 17.2. The Bertz CT molecular complexity index is 743. The molecule has 2 aromatic carbocycles. The number of nitrogens with one attached hydrogen (secondary N) is 1. The smallest absolute Gasteiger partial charge is 0.257 e. The second-order valence-corrected chi connectivity index (χ2v) is 7.44. The summed E-state index contributed by atoms with van der Waals surface area (Å²) >= 11 is 0.